The molecule has 3 fully saturated rings. The highest BCUT2D eigenvalue weighted by molar-refractivity contribution is 5.72. The number of hydrogen-bond donors (Lipinski definition) is 2. The molecule has 2 N–H and O–H groups in total. The Morgan fingerprint density at radius 3 is 2.16 bits per heavy atom. The first-order valence-electron chi connectivity index (χ1n) is 24.0. The summed E-state index contributed by atoms with van der Waals surface area (Å²) in [5.41, 5.74) is -1.51. The predicted molar refractivity (Wildman–Crippen MR) is 245 cm³/mol. The smallest absolute Gasteiger partial charge is 0.309 e. The van der Waals surface area contributed by atoms with Gasteiger partial charge < -0.3 is 72.2 Å². The van der Waals surface area contributed by atoms with E-state index < -0.39 is 128 Å². The summed E-state index contributed by atoms with van der Waals surface area (Å²) in [7, 11) is 9.01. The van der Waals surface area contributed by atoms with Gasteiger partial charge in [-0.05, 0) is 93.9 Å². The summed E-state index contributed by atoms with van der Waals surface area (Å²) in [4.78, 5) is 55.4. The summed E-state index contributed by atoms with van der Waals surface area (Å²) in [5.74, 6) is -3.13. The standard InChI is InChI=1S/C49H82N2O16/c1-27(2)47(56)67-46-32(7)61-40(26-49(46,9)57)65-43-31(6)62-48(42(55)41(43)51(12)13)66-44-34(22-23-52)24-28(3)36(64-39-21-20-35(50(10)11)30(5)60-39)19-17-15-16-18-29(4)59-38(54)25-37(45(44)58-14)63-33(8)53/h15-17,19,23,27-32,34-37,39-46,48,55,57H,18,20-22,24-26H2,1-14H3/b16-15+,19-17+/t28-,29-,30-,31-,32+,34+,35+,36+,37-,39+,40+,41-,42-,43-,44+,45+,46+,48+,49-/m1/s1. The molecule has 4 rings (SSSR count). The highest BCUT2D eigenvalue weighted by atomic mass is 16.7. The van der Waals surface area contributed by atoms with Gasteiger partial charge in [0.25, 0.3) is 0 Å². The number of rotatable bonds is 14. The topological polar surface area (TPSA) is 208 Å². The van der Waals surface area contributed by atoms with E-state index in [1.807, 2.05) is 52.2 Å². The number of hydrogen-bond acceptors (Lipinski definition) is 18. The second kappa shape index (κ2) is 25.8. The molecule has 19 atom stereocenters. The van der Waals surface area contributed by atoms with E-state index in [4.69, 9.17) is 47.4 Å². The van der Waals surface area contributed by atoms with Crippen molar-refractivity contribution in [1.82, 2.24) is 9.80 Å². The minimum atomic E-state index is -1.51. The Morgan fingerprint density at radius 1 is 0.896 bits per heavy atom. The van der Waals surface area contributed by atoms with Gasteiger partial charge in [-0.1, -0.05) is 45.1 Å². The first-order chi connectivity index (χ1) is 31.5. The zero-order chi connectivity index (χ0) is 49.9. The number of aldehydes is 1. The molecule has 0 spiro atoms. The van der Waals surface area contributed by atoms with Gasteiger partial charge in [-0.3, -0.25) is 14.4 Å². The van der Waals surface area contributed by atoms with Crippen LogP contribution in [0, 0.1) is 17.8 Å². The van der Waals surface area contributed by atoms with E-state index in [0.29, 0.717) is 19.3 Å². The average molecular weight is 955 g/mol. The fourth-order valence-corrected chi connectivity index (χ4v) is 9.88. The number of esters is 3. The zero-order valence-electron chi connectivity index (χ0n) is 42.3. The first kappa shape index (κ1) is 56.7. The monoisotopic (exact) mass is 955 g/mol. The molecule has 0 aromatic heterocycles. The SMILES string of the molecule is CO[C@@H]1[C@@H](O[C@@H]2O[C@H](C)[C@@H](O[C@H]3C[C@@](C)(O)[C@@H](OC(=O)C(C)C)[C@H](C)O3)[C@H](N(C)C)[C@H]2O)[C@@H](CC=O)C[C@@H](C)[C@@H](O[C@H]2CC[C@H](N(C)C)[C@@H](C)O2)/C=C/C=C/C[C@@H](C)OC(=O)C[C@H]1OC(C)=O. The molecule has 384 valence electrons. The lowest BCUT2D eigenvalue weighted by molar-refractivity contribution is -0.344. The molecule has 0 aliphatic carbocycles. The van der Waals surface area contributed by atoms with Crippen LogP contribution in [0.15, 0.2) is 24.3 Å². The van der Waals surface area contributed by atoms with Crippen LogP contribution < -0.4 is 0 Å². The number of nitrogens with zero attached hydrogens (tertiary/aromatic N) is 2. The fourth-order valence-electron chi connectivity index (χ4n) is 9.88. The number of aliphatic hydroxyl groups is 2. The van der Waals surface area contributed by atoms with Crippen LogP contribution in [0.3, 0.4) is 0 Å². The lowest BCUT2D eigenvalue weighted by Gasteiger charge is -2.50. The van der Waals surface area contributed by atoms with Crippen molar-refractivity contribution >= 4 is 24.2 Å². The number of likely N-dealkylation sites (N-methyl/N-ethyl adjacent to an activating group) is 2. The van der Waals surface area contributed by atoms with Crippen molar-refractivity contribution in [2.24, 2.45) is 17.8 Å². The van der Waals surface area contributed by atoms with Gasteiger partial charge in [0.1, 0.15) is 42.4 Å². The summed E-state index contributed by atoms with van der Waals surface area (Å²) in [6.07, 6.45) is -1.98. The molecular weight excluding hydrogens is 873 g/mol. The maximum absolute atomic E-state index is 13.5. The largest absolute Gasteiger partial charge is 0.462 e. The second-order valence-electron chi connectivity index (χ2n) is 20.0. The van der Waals surface area contributed by atoms with E-state index in [9.17, 15) is 29.4 Å². The summed E-state index contributed by atoms with van der Waals surface area (Å²) in [5, 5.41) is 23.8. The number of carbonyl (C=O) groups excluding carboxylic acids is 4. The number of carbonyl (C=O) groups is 4. The van der Waals surface area contributed by atoms with Gasteiger partial charge in [0.05, 0.1) is 48.9 Å². The minimum absolute atomic E-state index is 0.0483. The average Bonchev–Trinajstić information content (AvgIpc) is 3.21. The Hall–Kier alpha value is -2.88. The van der Waals surface area contributed by atoms with Crippen LogP contribution in [-0.2, 0) is 66.5 Å². The van der Waals surface area contributed by atoms with Gasteiger partial charge in [0.2, 0.25) is 0 Å². The predicted octanol–water partition coefficient (Wildman–Crippen LogP) is 4.10. The summed E-state index contributed by atoms with van der Waals surface area (Å²) >= 11 is 0. The molecule has 0 aromatic rings. The molecule has 67 heavy (non-hydrogen) atoms. The van der Waals surface area contributed by atoms with Gasteiger partial charge >= 0.3 is 17.9 Å². The van der Waals surface area contributed by atoms with Gasteiger partial charge in [-0.15, -0.1) is 0 Å². The van der Waals surface area contributed by atoms with Gasteiger partial charge in [0, 0.05) is 39.3 Å². The van der Waals surface area contributed by atoms with E-state index in [0.717, 1.165) is 12.7 Å². The minimum Gasteiger partial charge on any atom is -0.462 e. The van der Waals surface area contributed by atoms with E-state index in [2.05, 4.69) is 4.90 Å². The van der Waals surface area contributed by atoms with Crippen LogP contribution in [0.5, 0.6) is 0 Å². The van der Waals surface area contributed by atoms with E-state index in [1.54, 1.807) is 60.5 Å². The highest BCUT2D eigenvalue weighted by Gasteiger charge is 2.53. The molecule has 4 aliphatic heterocycles. The second-order valence-corrected chi connectivity index (χ2v) is 20.0. The molecule has 18 nitrogen and oxygen atoms in total. The molecule has 0 amide bonds. The molecule has 4 heterocycles. The van der Waals surface area contributed by atoms with Crippen LogP contribution in [0.1, 0.15) is 107 Å². The van der Waals surface area contributed by atoms with Gasteiger partial charge in [-0.25, -0.2) is 0 Å². The zero-order valence-corrected chi connectivity index (χ0v) is 42.3. The van der Waals surface area contributed by atoms with Crippen molar-refractivity contribution in [3.8, 4) is 0 Å². The van der Waals surface area contributed by atoms with Crippen LogP contribution in [0.4, 0.5) is 0 Å². The Balaban J connectivity index is 1.70. The quantitative estimate of drug-likeness (QED) is 0.143. The Bertz CT molecular complexity index is 1640. The van der Waals surface area contributed by atoms with Crippen LogP contribution in [-0.4, -0.2) is 183 Å². The Kier molecular flexibility index (Phi) is 21.9. The third kappa shape index (κ3) is 15.8. The Morgan fingerprint density at radius 2 is 1.58 bits per heavy atom. The first-order valence-corrected chi connectivity index (χ1v) is 24.0. The van der Waals surface area contributed by atoms with Crippen molar-refractivity contribution in [2.45, 2.75) is 211 Å². The molecule has 0 saturated carbocycles. The van der Waals surface area contributed by atoms with E-state index >= 15 is 0 Å². The van der Waals surface area contributed by atoms with Crippen LogP contribution in [0.2, 0.25) is 0 Å². The number of methoxy groups -OCH3 is 1. The number of aliphatic hydroxyl groups excluding tert-OH is 1. The molecule has 18 heteroatoms. The lowest BCUT2D eigenvalue weighted by atomic mass is 9.82. The number of allylic oxidation sites excluding steroid dienone is 2. The van der Waals surface area contributed by atoms with Crippen LogP contribution in [0.25, 0.3) is 0 Å². The highest BCUT2D eigenvalue weighted by Crippen LogP contribution is 2.38. The normalized spacial score (nSPS) is 41.6. The van der Waals surface area contributed by atoms with E-state index in [1.165, 1.54) is 14.0 Å². The van der Waals surface area contributed by atoms with Crippen molar-refractivity contribution in [3.63, 3.8) is 0 Å². The third-order valence-corrected chi connectivity index (χ3v) is 13.3. The van der Waals surface area contributed by atoms with Crippen molar-refractivity contribution in [2.75, 3.05) is 35.3 Å². The van der Waals surface area contributed by atoms with E-state index in [-0.39, 0.29) is 30.9 Å². The van der Waals surface area contributed by atoms with Gasteiger partial charge in [-0.2, -0.15) is 0 Å². The number of cyclic esters (lactones) is 1. The molecule has 0 aromatic carbocycles. The maximum atomic E-state index is 13.5. The van der Waals surface area contributed by atoms with Crippen LogP contribution >= 0.6 is 0 Å². The molecule has 3 saturated heterocycles. The summed E-state index contributed by atoms with van der Waals surface area (Å²) in [6, 6.07) is -0.550. The van der Waals surface area contributed by atoms with Gasteiger partial charge in [0.15, 0.2) is 25.0 Å². The van der Waals surface area contributed by atoms with Crippen molar-refractivity contribution < 1.29 is 76.8 Å². The lowest BCUT2D eigenvalue weighted by Crippen LogP contribution is -2.66. The summed E-state index contributed by atoms with van der Waals surface area (Å²) < 4.78 is 62.6. The fraction of sp³-hybridized carbons (Fsp3) is 0.837. The molecule has 4 aliphatic rings. The molecule has 0 radical (unpaired) electrons. The number of ether oxygens (including phenoxy) is 10. The molecular formula is C49H82N2O16. The third-order valence-electron chi connectivity index (χ3n) is 13.3. The maximum Gasteiger partial charge on any atom is 0.309 e. The Labute approximate surface area is 398 Å². The summed E-state index contributed by atoms with van der Waals surface area (Å²) in [6.45, 7) is 15.5. The molecule has 0 bridgehead atoms. The van der Waals surface area contributed by atoms with Crippen molar-refractivity contribution in [1.29, 1.82) is 0 Å². The molecule has 0 unspecified atom stereocenters. The van der Waals surface area contributed by atoms with Crippen molar-refractivity contribution in [3.05, 3.63) is 24.3 Å².